The van der Waals surface area contributed by atoms with Crippen LogP contribution >= 0.6 is 0 Å². The lowest BCUT2D eigenvalue weighted by Gasteiger charge is -2.05. The van der Waals surface area contributed by atoms with Crippen LogP contribution < -0.4 is 4.74 Å². The molecule has 0 N–H and O–H groups in total. The highest BCUT2D eigenvalue weighted by Crippen LogP contribution is 2.15. The lowest BCUT2D eigenvalue weighted by atomic mass is 10.1. The second kappa shape index (κ2) is 4.82. The van der Waals surface area contributed by atoms with E-state index in [1.807, 2.05) is 25.4 Å². The number of nitrogens with zero attached hydrogens (tertiary/aromatic N) is 2. The molecule has 0 radical (unpaired) electrons. The standard InChI is InChI=1S/C13H14N2O2/c1-10(16)12-4-3-5-13(6-12)17-9-11-7-14-15(2)8-11/h3-8H,9H2,1-2H3. The van der Waals surface area contributed by atoms with Gasteiger partial charge in [0.1, 0.15) is 12.4 Å². The molecule has 0 aliphatic carbocycles. The minimum Gasteiger partial charge on any atom is -0.489 e. The first-order valence-electron chi connectivity index (χ1n) is 5.36. The van der Waals surface area contributed by atoms with Crippen molar-refractivity contribution in [3.63, 3.8) is 0 Å². The molecule has 17 heavy (non-hydrogen) atoms. The fraction of sp³-hybridized carbons (Fsp3) is 0.231. The summed E-state index contributed by atoms with van der Waals surface area (Å²) in [5.41, 5.74) is 1.66. The number of carbonyl (C=O) groups excluding carboxylic acids is 1. The van der Waals surface area contributed by atoms with Crippen molar-refractivity contribution in [1.82, 2.24) is 9.78 Å². The maximum absolute atomic E-state index is 11.2. The largest absolute Gasteiger partial charge is 0.489 e. The number of ether oxygens (including phenoxy) is 1. The molecule has 0 unspecified atom stereocenters. The van der Waals surface area contributed by atoms with E-state index in [0.29, 0.717) is 17.9 Å². The average Bonchev–Trinajstić information content (AvgIpc) is 2.73. The normalized spacial score (nSPS) is 10.2. The van der Waals surface area contributed by atoms with E-state index in [1.54, 1.807) is 29.9 Å². The number of hydrogen-bond donors (Lipinski definition) is 0. The molecule has 0 saturated heterocycles. The van der Waals surface area contributed by atoms with Crippen molar-refractivity contribution in [2.24, 2.45) is 7.05 Å². The third-order valence-electron chi connectivity index (χ3n) is 2.40. The fourth-order valence-electron chi connectivity index (χ4n) is 1.52. The van der Waals surface area contributed by atoms with Gasteiger partial charge in [0, 0.05) is 24.4 Å². The molecule has 0 aliphatic heterocycles. The topological polar surface area (TPSA) is 44.1 Å². The first-order chi connectivity index (χ1) is 8.15. The Morgan fingerprint density at radius 3 is 2.94 bits per heavy atom. The van der Waals surface area contributed by atoms with E-state index in [0.717, 1.165) is 5.56 Å². The molecule has 0 saturated carbocycles. The Hall–Kier alpha value is -2.10. The van der Waals surface area contributed by atoms with Gasteiger partial charge in [-0.15, -0.1) is 0 Å². The molecular formula is C13H14N2O2. The molecule has 0 atom stereocenters. The molecule has 2 aromatic rings. The van der Waals surface area contributed by atoms with E-state index >= 15 is 0 Å². The highest BCUT2D eigenvalue weighted by Gasteiger charge is 2.02. The Labute approximate surface area is 99.8 Å². The molecule has 0 fully saturated rings. The fourth-order valence-corrected chi connectivity index (χ4v) is 1.52. The van der Waals surface area contributed by atoms with E-state index in [2.05, 4.69) is 5.10 Å². The Balaban J connectivity index is 2.04. The third kappa shape index (κ3) is 2.93. The Bertz CT molecular complexity index is 532. The summed E-state index contributed by atoms with van der Waals surface area (Å²) >= 11 is 0. The van der Waals surface area contributed by atoms with Crippen LogP contribution in [0.4, 0.5) is 0 Å². The maximum atomic E-state index is 11.2. The minimum atomic E-state index is 0.0387. The van der Waals surface area contributed by atoms with Gasteiger partial charge in [-0.05, 0) is 19.1 Å². The van der Waals surface area contributed by atoms with Gasteiger partial charge in [-0.1, -0.05) is 12.1 Å². The van der Waals surface area contributed by atoms with E-state index in [4.69, 9.17) is 4.74 Å². The highest BCUT2D eigenvalue weighted by atomic mass is 16.5. The zero-order chi connectivity index (χ0) is 12.3. The number of rotatable bonds is 4. The van der Waals surface area contributed by atoms with E-state index in [9.17, 15) is 4.79 Å². The summed E-state index contributed by atoms with van der Waals surface area (Å²) in [6.45, 7) is 2.00. The average molecular weight is 230 g/mol. The Kier molecular flexibility index (Phi) is 3.23. The van der Waals surface area contributed by atoms with Crippen LogP contribution in [0.15, 0.2) is 36.7 Å². The number of benzene rings is 1. The summed E-state index contributed by atoms with van der Waals surface area (Å²) in [7, 11) is 1.86. The van der Waals surface area contributed by atoms with Crippen molar-refractivity contribution >= 4 is 5.78 Å². The van der Waals surface area contributed by atoms with Crippen molar-refractivity contribution < 1.29 is 9.53 Å². The van der Waals surface area contributed by atoms with E-state index < -0.39 is 0 Å². The van der Waals surface area contributed by atoms with Crippen LogP contribution in [0.1, 0.15) is 22.8 Å². The summed E-state index contributed by atoms with van der Waals surface area (Å²) in [6.07, 6.45) is 3.66. The number of ketones is 1. The molecule has 0 amide bonds. The van der Waals surface area contributed by atoms with Crippen molar-refractivity contribution in [1.29, 1.82) is 0 Å². The molecule has 1 aromatic carbocycles. The summed E-state index contributed by atoms with van der Waals surface area (Å²) in [6, 6.07) is 7.18. The number of Topliss-reactive ketones (excluding diaryl/α,β-unsaturated/α-hetero) is 1. The van der Waals surface area contributed by atoms with Gasteiger partial charge < -0.3 is 4.74 Å². The molecule has 0 bridgehead atoms. The SMILES string of the molecule is CC(=O)c1cccc(OCc2cnn(C)c2)c1. The van der Waals surface area contributed by atoms with Gasteiger partial charge in [0.25, 0.3) is 0 Å². The zero-order valence-electron chi connectivity index (χ0n) is 9.88. The van der Waals surface area contributed by atoms with Gasteiger partial charge in [-0.2, -0.15) is 5.10 Å². The molecule has 4 heteroatoms. The predicted octanol–water partition coefficient (Wildman–Crippen LogP) is 2.20. The molecule has 1 heterocycles. The van der Waals surface area contributed by atoms with E-state index in [1.165, 1.54) is 0 Å². The Morgan fingerprint density at radius 1 is 1.47 bits per heavy atom. The van der Waals surface area contributed by atoms with Crippen LogP contribution in [0.3, 0.4) is 0 Å². The van der Waals surface area contributed by atoms with Crippen molar-refractivity contribution in [3.8, 4) is 5.75 Å². The third-order valence-corrected chi connectivity index (χ3v) is 2.40. The maximum Gasteiger partial charge on any atom is 0.159 e. The van der Waals surface area contributed by atoms with Crippen LogP contribution in [0, 0.1) is 0 Å². The quantitative estimate of drug-likeness (QED) is 0.756. The minimum absolute atomic E-state index is 0.0387. The summed E-state index contributed by atoms with van der Waals surface area (Å²) in [4.78, 5) is 11.2. The van der Waals surface area contributed by atoms with Crippen LogP contribution in [-0.4, -0.2) is 15.6 Å². The molecule has 0 spiro atoms. The van der Waals surface area contributed by atoms with Crippen molar-refractivity contribution in [2.75, 3.05) is 0 Å². The van der Waals surface area contributed by atoms with Crippen molar-refractivity contribution in [3.05, 3.63) is 47.8 Å². The molecular weight excluding hydrogens is 216 g/mol. The van der Waals surface area contributed by atoms with Crippen LogP contribution in [0.5, 0.6) is 5.75 Å². The van der Waals surface area contributed by atoms with Crippen LogP contribution in [0.2, 0.25) is 0 Å². The Morgan fingerprint density at radius 2 is 2.29 bits per heavy atom. The first kappa shape index (κ1) is 11.4. The monoisotopic (exact) mass is 230 g/mol. The van der Waals surface area contributed by atoms with Crippen LogP contribution in [0.25, 0.3) is 0 Å². The van der Waals surface area contributed by atoms with Gasteiger partial charge in [0.15, 0.2) is 5.78 Å². The zero-order valence-corrected chi connectivity index (χ0v) is 9.88. The molecule has 1 aromatic heterocycles. The van der Waals surface area contributed by atoms with E-state index in [-0.39, 0.29) is 5.78 Å². The number of aryl methyl sites for hydroxylation is 1. The number of carbonyl (C=O) groups is 1. The molecule has 2 rings (SSSR count). The van der Waals surface area contributed by atoms with Gasteiger partial charge >= 0.3 is 0 Å². The van der Waals surface area contributed by atoms with Gasteiger partial charge in [-0.25, -0.2) is 0 Å². The summed E-state index contributed by atoms with van der Waals surface area (Å²) in [5.74, 6) is 0.735. The van der Waals surface area contributed by atoms with Crippen LogP contribution in [-0.2, 0) is 13.7 Å². The second-order valence-electron chi connectivity index (χ2n) is 3.89. The number of aromatic nitrogens is 2. The lowest BCUT2D eigenvalue weighted by Crippen LogP contribution is -1.97. The molecule has 0 aliphatic rings. The predicted molar refractivity (Wildman–Crippen MR) is 64.0 cm³/mol. The second-order valence-corrected chi connectivity index (χ2v) is 3.89. The van der Waals surface area contributed by atoms with Crippen molar-refractivity contribution in [2.45, 2.75) is 13.5 Å². The van der Waals surface area contributed by atoms with Gasteiger partial charge in [-0.3, -0.25) is 9.48 Å². The highest BCUT2D eigenvalue weighted by molar-refractivity contribution is 5.94. The lowest BCUT2D eigenvalue weighted by molar-refractivity contribution is 0.101. The van der Waals surface area contributed by atoms with Gasteiger partial charge in [0.05, 0.1) is 6.20 Å². The summed E-state index contributed by atoms with van der Waals surface area (Å²) in [5, 5.41) is 4.06. The smallest absolute Gasteiger partial charge is 0.159 e. The molecule has 4 nitrogen and oxygen atoms in total. The first-order valence-corrected chi connectivity index (χ1v) is 5.36. The summed E-state index contributed by atoms with van der Waals surface area (Å²) < 4.78 is 7.32. The number of hydrogen-bond acceptors (Lipinski definition) is 3. The molecule has 88 valence electrons. The van der Waals surface area contributed by atoms with Gasteiger partial charge in [0.2, 0.25) is 0 Å².